The summed E-state index contributed by atoms with van der Waals surface area (Å²) in [4.78, 5) is 31.8. The van der Waals surface area contributed by atoms with Crippen LogP contribution in [0.4, 0.5) is 0 Å². The first-order valence-corrected chi connectivity index (χ1v) is 9.38. The summed E-state index contributed by atoms with van der Waals surface area (Å²) in [5.41, 5.74) is 3.97. The molecule has 3 heterocycles. The zero-order chi connectivity index (χ0) is 20.2. The van der Waals surface area contributed by atoms with Gasteiger partial charge in [0.25, 0.3) is 5.91 Å². The van der Waals surface area contributed by atoms with Crippen molar-refractivity contribution in [3.63, 3.8) is 0 Å². The van der Waals surface area contributed by atoms with Crippen molar-refractivity contribution in [1.29, 1.82) is 0 Å². The number of amides is 1. The van der Waals surface area contributed by atoms with Crippen LogP contribution in [0.2, 0.25) is 0 Å². The molecule has 1 amide bonds. The maximum Gasteiger partial charge on any atom is 0.354 e. The summed E-state index contributed by atoms with van der Waals surface area (Å²) in [5.74, 6) is -1.31. The summed E-state index contributed by atoms with van der Waals surface area (Å²) in [6.07, 6.45) is 3.19. The van der Waals surface area contributed by atoms with Gasteiger partial charge in [-0.25, -0.2) is 14.5 Å². The maximum atomic E-state index is 12.2. The summed E-state index contributed by atoms with van der Waals surface area (Å²) in [6.45, 7) is 0.300. The van der Waals surface area contributed by atoms with Crippen molar-refractivity contribution in [2.75, 3.05) is 0 Å². The van der Waals surface area contributed by atoms with Gasteiger partial charge < -0.3 is 10.4 Å². The molecule has 0 spiro atoms. The molecule has 0 aliphatic heterocycles. The molecular weight excluding hydrogens is 392 g/mol. The number of carboxylic acid groups (broad SMARTS) is 1. The number of thiazole rings is 1. The molecule has 0 saturated heterocycles. The average molecular weight is 406 g/mol. The Morgan fingerprint density at radius 1 is 1.10 bits per heavy atom. The van der Waals surface area contributed by atoms with Crippen molar-refractivity contribution in [3.05, 3.63) is 76.5 Å². The number of aromatic carboxylic acids is 1. The van der Waals surface area contributed by atoms with Gasteiger partial charge in [-0.05, 0) is 23.8 Å². The van der Waals surface area contributed by atoms with Crippen LogP contribution in [0.3, 0.4) is 0 Å². The fourth-order valence-corrected chi connectivity index (χ4v) is 3.21. The Morgan fingerprint density at radius 3 is 2.76 bits per heavy atom. The van der Waals surface area contributed by atoms with Crippen molar-refractivity contribution < 1.29 is 14.7 Å². The van der Waals surface area contributed by atoms with E-state index < -0.39 is 5.97 Å². The van der Waals surface area contributed by atoms with E-state index in [0.717, 1.165) is 11.3 Å². The zero-order valence-corrected chi connectivity index (χ0v) is 15.7. The number of hydrogen-bond acceptors (Lipinski definition) is 7. The number of aromatic nitrogens is 5. The zero-order valence-electron chi connectivity index (χ0n) is 14.9. The molecule has 29 heavy (non-hydrogen) atoms. The van der Waals surface area contributed by atoms with Crippen molar-refractivity contribution in [2.24, 2.45) is 0 Å². The van der Waals surface area contributed by atoms with E-state index in [-0.39, 0.29) is 11.6 Å². The molecule has 10 heteroatoms. The second-order valence-corrected chi connectivity index (χ2v) is 6.82. The van der Waals surface area contributed by atoms with E-state index in [2.05, 4.69) is 25.6 Å². The summed E-state index contributed by atoms with van der Waals surface area (Å²) < 4.78 is 1.57. The minimum Gasteiger partial charge on any atom is -0.477 e. The van der Waals surface area contributed by atoms with Gasteiger partial charge in [0, 0.05) is 6.54 Å². The minimum absolute atomic E-state index is 0.0665. The molecule has 0 aliphatic carbocycles. The molecule has 0 radical (unpaired) electrons. The number of carbonyl (C=O) groups is 2. The fraction of sp³-hybridized carbons (Fsp3) is 0.0526. The first kappa shape index (κ1) is 18.4. The third-order valence-corrected chi connectivity index (χ3v) is 4.83. The van der Waals surface area contributed by atoms with Crippen molar-refractivity contribution in [3.8, 4) is 17.1 Å². The molecule has 144 valence electrons. The normalized spacial score (nSPS) is 10.6. The minimum atomic E-state index is -1.11. The van der Waals surface area contributed by atoms with Gasteiger partial charge in [-0.1, -0.05) is 29.5 Å². The van der Waals surface area contributed by atoms with E-state index in [1.165, 1.54) is 23.6 Å². The third kappa shape index (κ3) is 4.01. The quantitative estimate of drug-likeness (QED) is 0.504. The molecule has 0 saturated carbocycles. The fourth-order valence-electron chi connectivity index (χ4n) is 2.67. The number of rotatable bonds is 6. The highest BCUT2D eigenvalue weighted by atomic mass is 32.1. The number of benzene rings is 1. The van der Waals surface area contributed by atoms with E-state index in [0.29, 0.717) is 22.8 Å². The Bertz CT molecular complexity index is 1170. The number of pyridine rings is 1. The summed E-state index contributed by atoms with van der Waals surface area (Å²) >= 11 is 1.27. The Kier molecular flexibility index (Phi) is 5.08. The van der Waals surface area contributed by atoms with E-state index in [4.69, 9.17) is 5.11 Å². The number of nitrogens with zero attached hydrogens (tertiary/aromatic N) is 5. The maximum absolute atomic E-state index is 12.2. The Morgan fingerprint density at radius 2 is 1.97 bits per heavy atom. The van der Waals surface area contributed by atoms with Gasteiger partial charge in [-0.2, -0.15) is 0 Å². The van der Waals surface area contributed by atoms with Crippen LogP contribution in [-0.2, 0) is 6.54 Å². The van der Waals surface area contributed by atoms with E-state index in [9.17, 15) is 9.59 Å². The highest BCUT2D eigenvalue weighted by Gasteiger charge is 2.13. The van der Waals surface area contributed by atoms with Crippen LogP contribution in [0, 0.1) is 0 Å². The van der Waals surface area contributed by atoms with Crippen LogP contribution >= 0.6 is 11.3 Å². The number of hydrogen-bond donors (Lipinski definition) is 2. The van der Waals surface area contributed by atoms with Crippen LogP contribution in [0.25, 0.3) is 17.1 Å². The van der Waals surface area contributed by atoms with E-state index in [1.54, 1.807) is 28.5 Å². The van der Waals surface area contributed by atoms with Crippen molar-refractivity contribution in [2.45, 2.75) is 6.54 Å². The molecular formula is C19H14N6O3S. The lowest BCUT2D eigenvalue weighted by Crippen LogP contribution is -2.22. The van der Waals surface area contributed by atoms with Gasteiger partial charge in [-0.15, -0.1) is 16.4 Å². The molecule has 4 aromatic rings. The largest absolute Gasteiger partial charge is 0.477 e. The first-order valence-electron chi connectivity index (χ1n) is 8.50. The molecule has 4 rings (SSSR count). The smallest absolute Gasteiger partial charge is 0.354 e. The number of nitrogens with one attached hydrogen (secondary N) is 1. The van der Waals surface area contributed by atoms with Gasteiger partial charge in [0.1, 0.15) is 16.3 Å². The lowest BCUT2D eigenvalue weighted by Gasteiger charge is -2.09. The van der Waals surface area contributed by atoms with Gasteiger partial charge in [0.05, 0.1) is 29.3 Å². The summed E-state index contributed by atoms with van der Waals surface area (Å²) in [7, 11) is 0. The Balaban J connectivity index is 1.58. The number of carboxylic acids is 1. The lowest BCUT2D eigenvalue weighted by atomic mass is 10.1. The van der Waals surface area contributed by atoms with Crippen LogP contribution in [0.1, 0.15) is 25.7 Å². The van der Waals surface area contributed by atoms with Crippen LogP contribution in [0.15, 0.2) is 60.4 Å². The lowest BCUT2D eigenvalue weighted by molar-refractivity contribution is 0.0690. The van der Waals surface area contributed by atoms with Crippen LogP contribution in [0.5, 0.6) is 0 Å². The van der Waals surface area contributed by atoms with Gasteiger partial charge in [0.2, 0.25) is 0 Å². The van der Waals surface area contributed by atoms with Gasteiger partial charge in [-0.3, -0.25) is 9.78 Å². The highest BCUT2D eigenvalue weighted by Crippen LogP contribution is 2.19. The van der Waals surface area contributed by atoms with Crippen molar-refractivity contribution in [1.82, 2.24) is 30.3 Å². The molecule has 0 aliphatic rings. The summed E-state index contributed by atoms with van der Waals surface area (Å²) in [5, 5.41) is 20.2. The molecule has 9 nitrogen and oxygen atoms in total. The predicted molar refractivity (Wildman–Crippen MR) is 105 cm³/mol. The molecule has 2 N–H and O–H groups in total. The topological polar surface area (TPSA) is 123 Å². The first-order chi connectivity index (χ1) is 14.1. The second kappa shape index (κ2) is 7.98. The van der Waals surface area contributed by atoms with Crippen LogP contribution < -0.4 is 5.32 Å². The molecule has 0 fully saturated rings. The molecule has 0 bridgehead atoms. The molecule has 0 atom stereocenters. The van der Waals surface area contributed by atoms with E-state index in [1.807, 2.05) is 24.3 Å². The second-order valence-electron chi connectivity index (χ2n) is 5.94. The number of para-hydroxylation sites is 1. The monoisotopic (exact) mass is 406 g/mol. The average Bonchev–Trinajstić information content (AvgIpc) is 3.44. The predicted octanol–water partition coefficient (Wildman–Crippen LogP) is 2.41. The standard InChI is InChI=1S/C19H14N6O3S/c26-18(17-9-20-11-29-17)21-8-12-4-1-2-7-16(12)25-10-15(23-24-25)13-5-3-6-14(22-13)19(27)28/h1-7,9-11H,8H2,(H,21,26)(H,27,28). The summed E-state index contributed by atoms with van der Waals surface area (Å²) in [6, 6.07) is 12.1. The SMILES string of the molecule is O=C(O)c1cccc(-c2cn(-c3ccccc3CNC(=O)c3cncs3)nn2)n1. The van der Waals surface area contributed by atoms with Gasteiger partial charge in [0.15, 0.2) is 0 Å². The van der Waals surface area contributed by atoms with E-state index >= 15 is 0 Å². The number of carbonyl (C=O) groups excluding carboxylic acids is 1. The Labute approximate surface area is 168 Å². The third-order valence-electron chi connectivity index (χ3n) is 4.06. The Hall–Kier alpha value is -3.92. The molecule has 3 aromatic heterocycles. The molecule has 0 unspecified atom stereocenters. The van der Waals surface area contributed by atoms with Crippen molar-refractivity contribution >= 4 is 23.2 Å². The van der Waals surface area contributed by atoms with Gasteiger partial charge >= 0.3 is 5.97 Å². The molecule has 1 aromatic carbocycles. The van der Waals surface area contributed by atoms with Crippen LogP contribution in [-0.4, -0.2) is 41.9 Å². The highest BCUT2D eigenvalue weighted by molar-refractivity contribution is 7.11.